The second-order valence-corrected chi connectivity index (χ2v) is 6.85. The lowest BCUT2D eigenvalue weighted by Crippen LogP contribution is -2.41. The molecule has 2 saturated heterocycles. The second kappa shape index (κ2) is 6.67. The molecule has 0 spiro atoms. The molecule has 0 aromatic heterocycles. The number of hydrogen-bond donors (Lipinski definition) is 0. The minimum Gasteiger partial charge on any atom is -0.289 e. The van der Waals surface area contributed by atoms with E-state index in [1.165, 1.54) is 31.2 Å². The fraction of sp³-hybridized carbons (Fsp3) is 0.550. The molecule has 2 bridgehead atoms. The van der Waals surface area contributed by atoms with E-state index in [1.54, 1.807) is 0 Å². The van der Waals surface area contributed by atoms with Crippen LogP contribution in [0.2, 0.25) is 0 Å². The van der Waals surface area contributed by atoms with Gasteiger partial charge in [0.15, 0.2) is 0 Å². The molecule has 1 aromatic rings. The summed E-state index contributed by atoms with van der Waals surface area (Å²) in [6.07, 6.45) is 7.80. The van der Waals surface area contributed by atoms with E-state index in [4.69, 9.17) is 0 Å². The van der Waals surface area contributed by atoms with Crippen molar-refractivity contribution < 1.29 is 0 Å². The van der Waals surface area contributed by atoms with E-state index in [-0.39, 0.29) is 5.92 Å². The van der Waals surface area contributed by atoms with E-state index >= 15 is 0 Å². The first-order valence-electron chi connectivity index (χ1n) is 8.59. The van der Waals surface area contributed by atoms with E-state index in [1.807, 2.05) is 6.08 Å². The molecule has 2 heteroatoms. The van der Waals surface area contributed by atoms with Gasteiger partial charge < -0.3 is 0 Å². The largest absolute Gasteiger partial charge is 0.289 e. The van der Waals surface area contributed by atoms with Gasteiger partial charge in [0.1, 0.15) is 0 Å². The number of hydrogen-bond acceptors (Lipinski definition) is 2. The summed E-state index contributed by atoms with van der Waals surface area (Å²) < 4.78 is 0. The molecule has 116 valence electrons. The summed E-state index contributed by atoms with van der Waals surface area (Å²) in [6.45, 7) is 6.20. The van der Waals surface area contributed by atoms with Crippen LogP contribution in [0, 0.1) is 23.2 Å². The third-order valence-corrected chi connectivity index (χ3v) is 5.74. The van der Waals surface area contributed by atoms with Crippen LogP contribution in [0.15, 0.2) is 43.0 Å². The van der Waals surface area contributed by atoms with Crippen molar-refractivity contribution in [1.29, 1.82) is 5.26 Å². The lowest BCUT2D eigenvalue weighted by Gasteiger charge is -2.36. The van der Waals surface area contributed by atoms with Crippen LogP contribution in [-0.4, -0.2) is 17.0 Å². The number of allylic oxidation sites excluding steroid dienone is 1. The molecule has 0 N–H and O–H groups in total. The third kappa shape index (κ3) is 2.71. The van der Waals surface area contributed by atoms with Crippen LogP contribution < -0.4 is 0 Å². The highest BCUT2D eigenvalue weighted by atomic mass is 15.2. The molecule has 2 aliphatic heterocycles. The summed E-state index contributed by atoms with van der Waals surface area (Å²) in [6, 6.07) is 14.9. The van der Waals surface area contributed by atoms with Gasteiger partial charge in [-0.1, -0.05) is 36.4 Å². The molecule has 0 radical (unpaired) electrons. The standard InChI is InChI=1S/C20H26N2/c1-3-7-17-10-11-18-12-13-20(19(17)14-21)22(18)15(2)16-8-5-4-6-9-16/h3-6,8-9,15,17-20H,1,7,10-13H2,2H3/t15-,17?,18-,19?,20-/m1/s1. The summed E-state index contributed by atoms with van der Waals surface area (Å²) in [5.41, 5.74) is 1.37. The smallest absolute Gasteiger partial charge is 0.0675 e. The van der Waals surface area contributed by atoms with Crippen LogP contribution in [0.4, 0.5) is 0 Å². The quantitative estimate of drug-likeness (QED) is 0.752. The zero-order valence-electron chi connectivity index (χ0n) is 13.5. The zero-order valence-corrected chi connectivity index (χ0v) is 13.5. The molecule has 2 unspecified atom stereocenters. The molecule has 2 aliphatic rings. The monoisotopic (exact) mass is 294 g/mol. The molecule has 5 atom stereocenters. The van der Waals surface area contributed by atoms with Gasteiger partial charge in [0, 0.05) is 18.1 Å². The Balaban J connectivity index is 1.88. The SMILES string of the molecule is C=CCC1CC[C@@H]2CC[C@H](C1C#N)N2[C@H](C)c1ccccc1. The Bertz CT molecular complexity index is 545. The fourth-order valence-corrected chi connectivity index (χ4v) is 4.67. The Kier molecular flexibility index (Phi) is 4.64. The van der Waals surface area contributed by atoms with E-state index in [2.05, 4.69) is 54.8 Å². The van der Waals surface area contributed by atoms with Gasteiger partial charge >= 0.3 is 0 Å². The van der Waals surface area contributed by atoms with Crippen molar-refractivity contribution in [2.24, 2.45) is 11.8 Å². The molecule has 0 amide bonds. The Labute approximate surface area is 134 Å². The van der Waals surface area contributed by atoms with Crippen LogP contribution >= 0.6 is 0 Å². The zero-order chi connectivity index (χ0) is 15.5. The van der Waals surface area contributed by atoms with Gasteiger partial charge in [-0.05, 0) is 50.5 Å². The van der Waals surface area contributed by atoms with E-state index in [0.29, 0.717) is 24.0 Å². The van der Waals surface area contributed by atoms with Crippen molar-refractivity contribution in [3.63, 3.8) is 0 Å². The van der Waals surface area contributed by atoms with E-state index in [0.717, 1.165) is 6.42 Å². The average Bonchev–Trinajstić information content (AvgIpc) is 2.89. The van der Waals surface area contributed by atoms with Gasteiger partial charge in [-0.3, -0.25) is 4.90 Å². The Hall–Kier alpha value is -1.59. The number of nitrogens with zero attached hydrogens (tertiary/aromatic N) is 2. The summed E-state index contributed by atoms with van der Waals surface area (Å²) in [5.74, 6) is 0.639. The molecular weight excluding hydrogens is 268 g/mol. The first-order chi connectivity index (χ1) is 10.8. The average molecular weight is 294 g/mol. The predicted molar refractivity (Wildman–Crippen MR) is 90.1 cm³/mol. The number of rotatable bonds is 4. The number of fused-ring (bicyclic) bond motifs is 2. The topological polar surface area (TPSA) is 27.0 Å². The normalized spacial score (nSPS) is 32.9. The molecule has 0 saturated carbocycles. The molecule has 0 aliphatic carbocycles. The van der Waals surface area contributed by atoms with Crippen molar-refractivity contribution in [1.82, 2.24) is 4.90 Å². The van der Waals surface area contributed by atoms with Crippen LogP contribution in [0.3, 0.4) is 0 Å². The highest BCUT2D eigenvalue weighted by molar-refractivity contribution is 5.20. The number of benzene rings is 1. The second-order valence-electron chi connectivity index (χ2n) is 6.85. The van der Waals surface area contributed by atoms with Crippen LogP contribution in [0.1, 0.15) is 50.6 Å². The highest BCUT2D eigenvalue weighted by Gasteiger charge is 2.45. The molecule has 2 nitrogen and oxygen atoms in total. The van der Waals surface area contributed by atoms with Crippen molar-refractivity contribution in [3.05, 3.63) is 48.6 Å². The van der Waals surface area contributed by atoms with Crippen LogP contribution in [0.5, 0.6) is 0 Å². The minimum absolute atomic E-state index is 0.150. The molecule has 1 aromatic carbocycles. The summed E-state index contributed by atoms with van der Waals surface area (Å²) in [7, 11) is 0. The van der Waals surface area contributed by atoms with E-state index in [9.17, 15) is 5.26 Å². The molecular formula is C20H26N2. The lowest BCUT2D eigenvalue weighted by molar-refractivity contribution is 0.119. The summed E-state index contributed by atoms with van der Waals surface area (Å²) >= 11 is 0. The highest BCUT2D eigenvalue weighted by Crippen LogP contribution is 2.45. The van der Waals surface area contributed by atoms with Gasteiger partial charge in [-0.25, -0.2) is 0 Å². The first kappa shape index (κ1) is 15.3. The van der Waals surface area contributed by atoms with Gasteiger partial charge in [0.2, 0.25) is 0 Å². The van der Waals surface area contributed by atoms with Gasteiger partial charge in [-0.2, -0.15) is 5.26 Å². The lowest BCUT2D eigenvalue weighted by atomic mass is 9.80. The molecule has 3 rings (SSSR count). The molecule has 2 heterocycles. The van der Waals surface area contributed by atoms with Gasteiger partial charge in [-0.15, -0.1) is 6.58 Å². The van der Waals surface area contributed by atoms with E-state index < -0.39 is 0 Å². The van der Waals surface area contributed by atoms with Gasteiger partial charge in [0.05, 0.1) is 12.0 Å². The van der Waals surface area contributed by atoms with Crippen LogP contribution in [-0.2, 0) is 0 Å². The van der Waals surface area contributed by atoms with Crippen LogP contribution in [0.25, 0.3) is 0 Å². The van der Waals surface area contributed by atoms with Crippen molar-refractivity contribution in [2.75, 3.05) is 0 Å². The summed E-state index contributed by atoms with van der Waals surface area (Å²) in [4.78, 5) is 2.66. The summed E-state index contributed by atoms with van der Waals surface area (Å²) in [5, 5.41) is 9.79. The maximum atomic E-state index is 9.79. The Morgan fingerprint density at radius 3 is 2.68 bits per heavy atom. The third-order valence-electron chi connectivity index (χ3n) is 5.74. The maximum absolute atomic E-state index is 9.79. The Morgan fingerprint density at radius 2 is 2.00 bits per heavy atom. The predicted octanol–water partition coefficient (Wildman–Crippen LogP) is 4.71. The fourth-order valence-electron chi connectivity index (χ4n) is 4.67. The van der Waals surface area contributed by atoms with Gasteiger partial charge in [0.25, 0.3) is 0 Å². The molecule has 2 fully saturated rings. The van der Waals surface area contributed by atoms with Crippen molar-refractivity contribution >= 4 is 0 Å². The van der Waals surface area contributed by atoms with Crippen molar-refractivity contribution in [3.8, 4) is 6.07 Å². The van der Waals surface area contributed by atoms with Crippen molar-refractivity contribution in [2.45, 2.75) is 57.2 Å². The maximum Gasteiger partial charge on any atom is 0.0675 e. The first-order valence-corrected chi connectivity index (χ1v) is 8.59. The number of nitriles is 1. The minimum atomic E-state index is 0.150. The molecule has 22 heavy (non-hydrogen) atoms. The Morgan fingerprint density at radius 1 is 1.27 bits per heavy atom.